The summed E-state index contributed by atoms with van der Waals surface area (Å²) in [6.45, 7) is 0.289. The molecule has 1 N–H and O–H groups in total. The number of hydrogen-bond donors (Lipinski definition) is 1. The summed E-state index contributed by atoms with van der Waals surface area (Å²) >= 11 is 0. The number of rotatable bonds is 5. The number of aromatic nitrogens is 3. The summed E-state index contributed by atoms with van der Waals surface area (Å²) in [5.41, 5.74) is 1.50. The molecule has 1 aromatic heterocycles. The Morgan fingerprint density at radius 2 is 1.84 bits per heavy atom. The second-order valence-electron chi connectivity index (χ2n) is 5.59. The van der Waals surface area contributed by atoms with Crippen LogP contribution in [0, 0.1) is 0 Å². The van der Waals surface area contributed by atoms with Gasteiger partial charge in [0.1, 0.15) is 6.33 Å². The fourth-order valence-corrected chi connectivity index (χ4v) is 2.60. The number of aliphatic hydroxyl groups is 1. The maximum Gasteiger partial charge on any atom is 0.416 e. The Hall–Kier alpha value is -2.67. The second kappa shape index (κ2) is 7.06. The summed E-state index contributed by atoms with van der Waals surface area (Å²) in [5, 5.41) is 13.3. The van der Waals surface area contributed by atoms with Crippen molar-refractivity contribution in [2.24, 2.45) is 0 Å². The lowest BCUT2D eigenvalue weighted by Crippen LogP contribution is -2.05. The van der Waals surface area contributed by atoms with Crippen molar-refractivity contribution in [2.75, 3.05) is 6.61 Å². The normalized spacial score (nSPS) is 11.7. The fourth-order valence-electron chi connectivity index (χ4n) is 2.60. The quantitative estimate of drug-likeness (QED) is 0.768. The summed E-state index contributed by atoms with van der Waals surface area (Å²) in [5.74, 6) is 0.482. The minimum absolute atomic E-state index is 0.0469. The molecule has 0 saturated carbocycles. The molecule has 4 nitrogen and oxygen atoms in total. The zero-order chi connectivity index (χ0) is 17.9. The van der Waals surface area contributed by atoms with Crippen LogP contribution in [-0.4, -0.2) is 26.5 Å². The number of nitrogens with zero attached hydrogens (tertiary/aromatic N) is 3. The monoisotopic (exact) mass is 347 g/mol. The van der Waals surface area contributed by atoms with Crippen molar-refractivity contribution in [3.63, 3.8) is 0 Å². The van der Waals surface area contributed by atoms with Gasteiger partial charge in [0, 0.05) is 5.56 Å². The van der Waals surface area contributed by atoms with Crippen LogP contribution in [0.25, 0.3) is 11.4 Å². The number of aliphatic hydroxyl groups excluding tert-OH is 1. The van der Waals surface area contributed by atoms with Crippen LogP contribution in [0.2, 0.25) is 0 Å². The molecule has 3 rings (SSSR count). The Bertz CT molecular complexity index is 859. The third kappa shape index (κ3) is 4.06. The van der Waals surface area contributed by atoms with Crippen molar-refractivity contribution in [1.29, 1.82) is 0 Å². The van der Waals surface area contributed by atoms with Crippen LogP contribution in [0.3, 0.4) is 0 Å². The van der Waals surface area contributed by atoms with Gasteiger partial charge in [0.25, 0.3) is 0 Å². The van der Waals surface area contributed by atoms with Crippen molar-refractivity contribution >= 4 is 0 Å². The number of alkyl halides is 3. The van der Waals surface area contributed by atoms with Gasteiger partial charge in [-0.3, -0.25) is 4.68 Å². The van der Waals surface area contributed by atoms with E-state index < -0.39 is 11.7 Å². The standard InChI is InChI=1S/C18H16F3N3O/c19-18(20,21)15-6-3-4-13(11-15)10-14-5-1-2-7-16(14)17-22-12-24(23-17)8-9-25/h1-7,11-12,25H,8-10H2. The maximum absolute atomic E-state index is 12.9. The first-order valence-corrected chi connectivity index (χ1v) is 7.72. The van der Waals surface area contributed by atoms with E-state index in [0.29, 0.717) is 24.4 Å². The Kier molecular flexibility index (Phi) is 4.85. The SMILES string of the molecule is OCCn1cnc(-c2ccccc2Cc2cccc(C(F)(F)F)c2)n1. The lowest BCUT2D eigenvalue weighted by Gasteiger charge is -2.10. The van der Waals surface area contributed by atoms with Crippen molar-refractivity contribution in [3.8, 4) is 11.4 Å². The van der Waals surface area contributed by atoms with Gasteiger partial charge in [-0.15, -0.1) is 0 Å². The zero-order valence-electron chi connectivity index (χ0n) is 13.2. The van der Waals surface area contributed by atoms with Crippen molar-refractivity contribution < 1.29 is 18.3 Å². The molecule has 0 amide bonds. The zero-order valence-corrected chi connectivity index (χ0v) is 13.2. The van der Waals surface area contributed by atoms with E-state index in [1.807, 2.05) is 24.3 Å². The first-order valence-electron chi connectivity index (χ1n) is 7.72. The molecule has 0 unspecified atom stereocenters. The Balaban J connectivity index is 1.91. The van der Waals surface area contributed by atoms with Crippen LogP contribution in [0.5, 0.6) is 0 Å². The highest BCUT2D eigenvalue weighted by Gasteiger charge is 2.30. The Morgan fingerprint density at radius 3 is 2.60 bits per heavy atom. The first-order chi connectivity index (χ1) is 12.0. The van der Waals surface area contributed by atoms with Crippen LogP contribution >= 0.6 is 0 Å². The lowest BCUT2D eigenvalue weighted by molar-refractivity contribution is -0.137. The van der Waals surface area contributed by atoms with Gasteiger partial charge >= 0.3 is 6.18 Å². The molecule has 0 atom stereocenters. The molecule has 0 aliphatic carbocycles. The van der Waals surface area contributed by atoms with Crippen molar-refractivity contribution in [3.05, 3.63) is 71.5 Å². The molecule has 25 heavy (non-hydrogen) atoms. The van der Waals surface area contributed by atoms with E-state index in [-0.39, 0.29) is 6.61 Å². The van der Waals surface area contributed by atoms with Crippen molar-refractivity contribution in [1.82, 2.24) is 14.8 Å². The number of hydrogen-bond acceptors (Lipinski definition) is 3. The molecule has 0 aliphatic heterocycles. The van der Waals surface area contributed by atoms with Gasteiger partial charge < -0.3 is 5.11 Å². The molecule has 0 radical (unpaired) electrons. The third-order valence-corrected chi connectivity index (χ3v) is 3.77. The Morgan fingerprint density at radius 1 is 1.04 bits per heavy atom. The molecule has 0 saturated heterocycles. The summed E-state index contributed by atoms with van der Waals surface area (Å²) in [6.07, 6.45) is -2.50. The molecule has 0 fully saturated rings. The summed E-state index contributed by atoms with van der Waals surface area (Å²) in [6, 6.07) is 12.7. The molecule has 1 heterocycles. The third-order valence-electron chi connectivity index (χ3n) is 3.77. The minimum atomic E-state index is -4.36. The van der Waals surface area contributed by atoms with Gasteiger partial charge in [-0.2, -0.15) is 18.3 Å². The van der Waals surface area contributed by atoms with Gasteiger partial charge in [0.2, 0.25) is 0 Å². The second-order valence-corrected chi connectivity index (χ2v) is 5.59. The number of benzene rings is 2. The molecule has 2 aromatic carbocycles. The first kappa shape index (κ1) is 17.2. The molecule has 130 valence electrons. The summed E-state index contributed by atoms with van der Waals surface area (Å²) in [4.78, 5) is 4.22. The molecule has 0 aliphatic rings. The highest BCUT2D eigenvalue weighted by molar-refractivity contribution is 5.60. The van der Waals surface area contributed by atoms with Gasteiger partial charge in [-0.05, 0) is 23.6 Å². The van der Waals surface area contributed by atoms with E-state index in [9.17, 15) is 13.2 Å². The van der Waals surface area contributed by atoms with E-state index in [0.717, 1.165) is 23.3 Å². The summed E-state index contributed by atoms with van der Waals surface area (Å²) in [7, 11) is 0. The van der Waals surface area contributed by atoms with Gasteiger partial charge in [0.05, 0.1) is 18.7 Å². The highest BCUT2D eigenvalue weighted by Crippen LogP contribution is 2.30. The van der Waals surface area contributed by atoms with E-state index in [4.69, 9.17) is 5.11 Å². The smallest absolute Gasteiger partial charge is 0.394 e. The van der Waals surface area contributed by atoms with E-state index in [2.05, 4.69) is 10.1 Å². The molecular weight excluding hydrogens is 331 g/mol. The van der Waals surface area contributed by atoms with Crippen LogP contribution in [0.1, 0.15) is 16.7 Å². The van der Waals surface area contributed by atoms with Crippen LogP contribution in [0.15, 0.2) is 54.9 Å². The minimum Gasteiger partial charge on any atom is -0.394 e. The van der Waals surface area contributed by atoms with Crippen LogP contribution in [-0.2, 0) is 19.1 Å². The largest absolute Gasteiger partial charge is 0.416 e. The Labute approximate surface area is 142 Å². The average Bonchev–Trinajstić information content (AvgIpc) is 3.04. The summed E-state index contributed by atoms with van der Waals surface area (Å²) < 4.78 is 40.2. The predicted octanol–water partition coefficient (Wildman–Crippen LogP) is 3.55. The van der Waals surface area contributed by atoms with Crippen LogP contribution < -0.4 is 0 Å². The van der Waals surface area contributed by atoms with E-state index in [1.165, 1.54) is 17.1 Å². The molecular formula is C18H16F3N3O. The van der Waals surface area contributed by atoms with E-state index >= 15 is 0 Å². The lowest BCUT2D eigenvalue weighted by atomic mass is 9.98. The molecule has 3 aromatic rings. The number of halogens is 3. The molecule has 0 bridgehead atoms. The van der Waals surface area contributed by atoms with Gasteiger partial charge in [0.15, 0.2) is 5.82 Å². The van der Waals surface area contributed by atoms with E-state index in [1.54, 1.807) is 6.07 Å². The predicted molar refractivity (Wildman–Crippen MR) is 86.8 cm³/mol. The highest BCUT2D eigenvalue weighted by atomic mass is 19.4. The van der Waals surface area contributed by atoms with Gasteiger partial charge in [-0.1, -0.05) is 42.5 Å². The molecule has 7 heteroatoms. The van der Waals surface area contributed by atoms with Gasteiger partial charge in [-0.25, -0.2) is 4.98 Å². The average molecular weight is 347 g/mol. The molecule has 0 spiro atoms. The topological polar surface area (TPSA) is 50.9 Å². The fraction of sp³-hybridized carbons (Fsp3) is 0.222. The van der Waals surface area contributed by atoms with Crippen LogP contribution in [0.4, 0.5) is 13.2 Å². The maximum atomic E-state index is 12.9. The van der Waals surface area contributed by atoms with Crippen molar-refractivity contribution in [2.45, 2.75) is 19.1 Å².